The lowest BCUT2D eigenvalue weighted by molar-refractivity contribution is -0.119. The van der Waals surface area contributed by atoms with Crippen LogP contribution in [0, 0.1) is 0 Å². The van der Waals surface area contributed by atoms with Crippen molar-refractivity contribution in [1.29, 1.82) is 0 Å². The van der Waals surface area contributed by atoms with Crippen LogP contribution >= 0.6 is 0 Å². The van der Waals surface area contributed by atoms with Gasteiger partial charge in [-0.3, -0.25) is 14.6 Å². The summed E-state index contributed by atoms with van der Waals surface area (Å²) < 4.78 is 16.8. The SMILES string of the molecule is COc1cc2c(cc1OC)C(C(=O)Nc1ccc(Oc3ccccc3)cc1)C(c1cccnc1)N(C)C2=O. The van der Waals surface area contributed by atoms with Gasteiger partial charge in [0, 0.05) is 30.7 Å². The fourth-order valence-corrected chi connectivity index (χ4v) is 4.75. The molecule has 0 bridgehead atoms. The summed E-state index contributed by atoms with van der Waals surface area (Å²) >= 11 is 0. The Kier molecular flexibility index (Phi) is 6.95. The number of rotatable bonds is 7. The molecule has 2 heterocycles. The fraction of sp³-hybridized carbons (Fsp3) is 0.167. The number of fused-ring (bicyclic) bond motifs is 1. The Bertz CT molecular complexity index is 1440. The van der Waals surface area contributed by atoms with Gasteiger partial charge in [0.1, 0.15) is 11.5 Å². The number of hydrogen-bond acceptors (Lipinski definition) is 6. The maximum atomic E-state index is 13.9. The Balaban J connectivity index is 1.50. The molecular formula is C30H27N3O5. The van der Waals surface area contributed by atoms with E-state index in [0.29, 0.717) is 34.1 Å². The topological polar surface area (TPSA) is 90.0 Å². The molecule has 3 aromatic carbocycles. The standard InChI is InChI=1S/C30H27N3O5/c1-33-28(19-8-7-15-31-18-19)27(23-16-25(36-2)26(37-3)17-24(23)30(33)35)29(34)32-20-11-13-22(14-12-20)38-21-9-5-4-6-10-21/h4-18,27-28H,1-3H3,(H,32,34). The largest absolute Gasteiger partial charge is 0.493 e. The normalized spacial score (nSPS) is 16.4. The van der Waals surface area contributed by atoms with Gasteiger partial charge in [0.25, 0.3) is 5.91 Å². The molecule has 8 heteroatoms. The zero-order chi connectivity index (χ0) is 26.6. The predicted molar refractivity (Wildman–Crippen MR) is 143 cm³/mol. The first-order valence-corrected chi connectivity index (χ1v) is 12.1. The summed E-state index contributed by atoms with van der Waals surface area (Å²) in [6.45, 7) is 0. The van der Waals surface area contributed by atoms with E-state index in [1.54, 1.807) is 66.8 Å². The molecule has 4 aromatic rings. The highest BCUT2D eigenvalue weighted by atomic mass is 16.5. The van der Waals surface area contributed by atoms with E-state index in [1.807, 2.05) is 36.4 Å². The Morgan fingerprint density at radius 2 is 1.58 bits per heavy atom. The second-order valence-corrected chi connectivity index (χ2v) is 8.85. The van der Waals surface area contributed by atoms with E-state index in [4.69, 9.17) is 14.2 Å². The van der Waals surface area contributed by atoms with Gasteiger partial charge in [0.15, 0.2) is 11.5 Å². The quantitative estimate of drug-likeness (QED) is 0.357. The molecule has 0 spiro atoms. The van der Waals surface area contributed by atoms with Gasteiger partial charge in [-0.15, -0.1) is 0 Å². The molecule has 1 aliphatic rings. The van der Waals surface area contributed by atoms with Crippen LogP contribution in [0.4, 0.5) is 5.69 Å². The molecule has 2 amide bonds. The average Bonchev–Trinajstić information content (AvgIpc) is 2.96. The molecule has 1 N–H and O–H groups in total. The second-order valence-electron chi connectivity index (χ2n) is 8.85. The Morgan fingerprint density at radius 3 is 2.24 bits per heavy atom. The minimum Gasteiger partial charge on any atom is -0.493 e. The van der Waals surface area contributed by atoms with Gasteiger partial charge < -0.3 is 24.4 Å². The molecule has 0 saturated carbocycles. The van der Waals surface area contributed by atoms with Gasteiger partial charge in [-0.1, -0.05) is 24.3 Å². The molecule has 38 heavy (non-hydrogen) atoms. The Hall–Kier alpha value is -4.85. The smallest absolute Gasteiger partial charge is 0.254 e. The van der Waals surface area contributed by atoms with Gasteiger partial charge in [-0.2, -0.15) is 0 Å². The van der Waals surface area contributed by atoms with Crippen molar-refractivity contribution in [1.82, 2.24) is 9.88 Å². The third kappa shape index (κ3) is 4.76. The number of anilines is 1. The van der Waals surface area contributed by atoms with E-state index in [0.717, 1.165) is 11.3 Å². The van der Waals surface area contributed by atoms with E-state index >= 15 is 0 Å². The second kappa shape index (κ2) is 10.6. The Labute approximate surface area is 220 Å². The van der Waals surface area contributed by atoms with Gasteiger partial charge in [-0.25, -0.2) is 0 Å². The van der Waals surface area contributed by atoms with Gasteiger partial charge >= 0.3 is 0 Å². The molecule has 2 unspecified atom stereocenters. The van der Waals surface area contributed by atoms with Crippen LogP contribution in [0.3, 0.4) is 0 Å². The number of pyridine rings is 1. The molecule has 2 atom stereocenters. The lowest BCUT2D eigenvalue weighted by atomic mass is 9.79. The van der Waals surface area contributed by atoms with Crippen LogP contribution in [0.1, 0.15) is 33.4 Å². The number of nitrogens with zero attached hydrogens (tertiary/aromatic N) is 2. The lowest BCUT2D eigenvalue weighted by Crippen LogP contribution is -2.44. The van der Waals surface area contributed by atoms with E-state index in [-0.39, 0.29) is 11.8 Å². The highest BCUT2D eigenvalue weighted by molar-refractivity contribution is 6.04. The molecule has 0 fully saturated rings. The van der Waals surface area contributed by atoms with E-state index in [1.165, 1.54) is 14.2 Å². The lowest BCUT2D eigenvalue weighted by Gasteiger charge is -2.39. The van der Waals surface area contributed by atoms with Gasteiger partial charge in [0.05, 0.1) is 26.2 Å². The number of aromatic nitrogens is 1. The van der Waals surface area contributed by atoms with Crippen LogP contribution < -0.4 is 19.5 Å². The maximum Gasteiger partial charge on any atom is 0.254 e. The van der Waals surface area contributed by atoms with Crippen molar-refractivity contribution >= 4 is 17.5 Å². The number of amides is 2. The number of carbonyl (C=O) groups is 2. The highest BCUT2D eigenvalue weighted by Crippen LogP contribution is 2.45. The summed E-state index contributed by atoms with van der Waals surface area (Å²) in [5, 5.41) is 3.02. The van der Waals surface area contributed by atoms with Crippen molar-refractivity contribution in [2.45, 2.75) is 12.0 Å². The first-order chi connectivity index (χ1) is 18.5. The van der Waals surface area contributed by atoms with E-state index in [9.17, 15) is 9.59 Å². The van der Waals surface area contributed by atoms with Crippen LogP contribution in [0.25, 0.3) is 0 Å². The molecule has 1 aliphatic heterocycles. The van der Waals surface area contributed by atoms with Crippen molar-refractivity contribution in [2.75, 3.05) is 26.6 Å². The first-order valence-electron chi connectivity index (χ1n) is 12.1. The summed E-state index contributed by atoms with van der Waals surface area (Å²) in [4.78, 5) is 33.2. The summed E-state index contributed by atoms with van der Waals surface area (Å²) in [6.07, 6.45) is 3.33. The number of methoxy groups -OCH3 is 2. The van der Waals surface area contributed by atoms with Crippen LogP contribution in [-0.2, 0) is 4.79 Å². The minimum atomic E-state index is -0.739. The summed E-state index contributed by atoms with van der Waals surface area (Å²) in [5.41, 5.74) is 2.29. The monoisotopic (exact) mass is 509 g/mol. The molecular weight excluding hydrogens is 482 g/mol. The number of para-hydroxylation sites is 1. The van der Waals surface area contributed by atoms with Crippen molar-refractivity contribution in [3.05, 3.63) is 108 Å². The zero-order valence-electron chi connectivity index (χ0n) is 21.3. The molecule has 0 radical (unpaired) electrons. The third-order valence-electron chi connectivity index (χ3n) is 6.58. The first kappa shape index (κ1) is 24.8. The number of nitrogens with one attached hydrogen (secondary N) is 1. The van der Waals surface area contributed by atoms with Crippen molar-refractivity contribution in [3.63, 3.8) is 0 Å². The molecule has 192 valence electrons. The molecule has 0 saturated heterocycles. The molecule has 0 aliphatic carbocycles. The van der Waals surface area contributed by atoms with Crippen LogP contribution in [-0.4, -0.2) is 43.0 Å². The third-order valence-corrected chi connectivity index (χ3v) is 6.58. The molecule has 1 aromatic heterocycles. The zero-order valence-corrected chi connectivity index (χ0v) is 21.3. The average molecular weight is 510 g/mol. The number of ether oxygens (including phenoxy) is 3. The van der Waals surface area contributed by atoms with Crippen molar-refractivity contribution in [3.8, 4) is 23.0 Å². The van der Waals surface area contributed by atoms with Gasteiger partial charge in [-0.05, 0) is 65.7 Å². The minimum absolute atomic E-state index is 0.221. The van der Waals surface area contributed by atoms with Gasteiger partial charge in [0.2, 0.25) is 5.91 Å². The maximum absolute atomic E-state index is 13.9. The predicted octanol–water partition coefficient (Wildman–Crippen LogP) is 5.44. The van der Waals surface area contributed by atoms with E-state index in [2.05, 4.69) is 10.3 Å². The van der Waals surface area contributed by atoms with Crippen LogP contribution in [0.15, 0.2) is 91.3 Å². The molecule has 5 rings (SSSR count). The summed E-state index contributed by atoms with van der Waals surface area (Å²) in [5.74, 6) is 0.989. The Morgan fingerprint density at radius 1 is 0.895 bits per heavy atom. The summed E-state index contributed by atoms with van der Waals surface area (Å²) in [7, 11) is 4.72. The molecule has 8 nitrogen and oxygen atoms in total. The highest BCUT2D eigenvalue weighted by Gasteiger charge is 2.43. The summed E-state index contributed by atoms with van der Waals surface area (Å²) in [6, 6.07) is 23.0. The van der Waals surface area contributed by atoms with Crippen LogP contribution in [0.5, 0.6) is 23.0 Å². The van der Waals surface area contributed by atoms with Crippen molar-refractivity contribution < 1.29 is 23.8 Å². The van der Waals surface area contributed by atoms with Crippen LogP contribution in [0.2, 0.25) is 0 Å². The van der Waals surface area contributed by atoms with E-state index < -0.39 is 12.0 Å². The fourth-order valence-electron chi connectivity index (χ4n) is 4.75. The number of benzene rings is 3. The number of hydrogen-bond donors (Lipinski definition) is 1. The van der Waals surface area contributed by atoms with Crippen molar-refractivity contribution in [2.24, 2.45) is 0 Å². The number of carbonyl (C=O) groups excluding carboxylic acids is 2. The number of likely N-dealkylation sites (N-methyl/N-ethyl adjacent to an activating group) is 1.